The molecule has 0 aromatic heterocycles. The van der Waals surface area contributed by atoms with E-state index in [1.807, 2.05) is 11.8 Å². The zero-order valence-corrected chi connectivity index (χ0v) is 12.8. The van der Waals surface area contributed by atoms with Crippen molar-refractivity contribution >= 4 is 21.8 Å². The van der Waals surface area contributed by atoms with E-state index in [0.717, 1.165) is 25.3 Å². The van der Waals surface area contributed by atoms with E-state index in [1.54, 1.807) is 4.31 Å². The van der Waals surface area contributed by atoms with Crippen LogP contribution in [-0.4, -0.2) is 73.1 Å². The molecule has 0 aromatic rings. The Bertz CT molecular complexity index is 393. The summed E-state index contributed by atoms with van der Waals surface area (Å²) < 4.78 is 24.6. The molecular weight excluding hydrogens is 270 g/mol. The van der Waals surface area contributed by atoms with E-state index in [9.17, 15) is 8.42 Å². The van der Waals surface area contributed by atoms with Crippen molar-refractivity contribution < 1.29 is 8.42 Å². The number of piperazine rings is 1. The summed E-state index contributed by atoms with van der Waals surface area (Å²) in [4.78, 5) is 2.41. The van der Waals surface area contributed by atoms with Crippen LogP contribution in [-0.2, 0) is 10.0 Å². The Labute approximate surface area is 114 Å². The second-order valence-electron chi connectivity index (χ2n) is 5.40. The highest BCUT2D eigenvalue weighted by Gasteiger charge is 2.43. The minimum atomic E-state index is -3.04. The van der Waals surface area contributed by atoms with Crippen molar-refractivity contribution in [2.45, 2.75) is 24.1 Å². The molecule has 2 heterocycles. The van der Waals surface area contributed by atoms with Crippen LogP contribution >= 0.6 is 11.8 Å². The molecule has 0 bridgehead atoms. The van der Waals surface area contributed by atoms with Gasteiger partial charge in [0.2, 0.25) is 10.0 Å². The summed E-state index contributed by atoms with van der Waals surface area (Å²) in [5, 5.41) is 0.654. The van der Waals surface area contributed by atoms with E-state index in [4.69, 9.17) is 5.73 Å². The third-order valence-electron chi connectivity index (χ3n) is 4.06. The molecule has 5 nitrogen and oxygen atoms in total. The van der Waals surface area contributed by atoms with Crippen LogP contribution in [0.1, 0.15) is 13.3 Å². The van der Waals surface area contributed by atoms with Crippen molar-refractivity contribution in [3.63, 3.8) is 0 Å². The van der Waals surface area contributed by atoms with E-state index >= 15 is 0 Å². The van der Waals surface area contributed by atoms with Crippen LogP contribution in [0.2, 0.25) is 0 Å². The number of nitrogens with zero attached hydrogens (tertiary/aromatic N) is 2. The predicted octanol–water partition coefficient (Wildman–Crippen LogP) is -0.213. The van der Waals surface area contributed by atoms with E-state index in [-0.39, 0.29) is 5.54 Å². The zero-order valence-electron chi connectivity index (χ0n) is 11.1. The maximum atomic E-state index is 11.5. The fraction of sp³-hybridized carbons (Fsp3) is 1.00. The minimum absolute atomic E-state index is 0.0909. The predicted molar refractivity (Wildman–Crippen MR) is 76.3 cm³/mol. The van der Waals surface area contributed by atoms with Gasteiger partial charge >= 0.3 is 0 Å². The molecule has 2 N–H and O–H groups in total. The molecule has 7 heteroatoms. The van der Waals surface area contributed by atoms with Gasteiger partial charge in [-0.15, -0.1) is 0 Å². The Balaban J connectivity index is 2.01. The number of sulfonamides is 1. The Hall–Kier alpha value is 0.180. The second kappa shape index (κ2) is 5.28. The highest BCUT2D eigenvalue weighted by molar-refractivity contribution is 8.00. The first-order valence-electron chi connectivity index (χ1n) is 6.39. The van der Waals surface area contributed by atoms with Gasteiger partial charge < -0.3 is 5.73 Å². The molecule has 2 unspecified atom stereocenters. The molecule has 0 radical (unpaired) electrons. The highest BCUT2D eigenvalue weighted by atomic mass is 32.2. The average Bonchev–Trinajstić information content (AvgIpc) is 2.71. The molecule has 2 atom stereocenters. The molecule has 0 amide bonds. The van der Waals surface area contributed by atoms with Crippen molar-refractivity contribution in [1.82, 2.24) is 9.21 Å². The average molecular weight is 293 g/mol. The SMILES string of the molecule is CC1CC(CN)(N2CCN(S(C)(=O)=O)CC2)CS1. The smallest absolute Gasteiger partial charge is 0.211 e. The molecule has 2 saturated heterocycles. The lowest BCUT2D eigenvalue weighted by atomic mass is 9.93. The number of thioether (sulfide) groups is 1. The van der Waals surface area contributed by atoms with Crippen molar-refractivity contribution in [2.24, 2.45) is 5.73 Å². The molecule has 18 heavy (non-hydrogen) atoms. The topological polar surface area (TPSA) is 66.6 Å². The summed E-state index contributed by atoms with van der Waals surface area (Å²) in [5.74, 6) is 1.07. The summed E-state index contributed by atoms with van der Waals surface area (Å²) in [6, 6.07) is 0. The van der Waals surface area contributed by atoms with Crippen molar-refractivity contribution in [3.8, 4) is 0 Å². The van der Waals surface area contributed by atoms with Gasteiger partial charge in [0.1, 0.15) is 0 Å². The Morgan fingerprint density at radius 3 is 2.33 bits per heavy atom. The summed E-state index contributed by atoms with van der Waals surface area (Å²) in [5.41, 5.74) is 6.09. The quantitative estimate of drug-likeness (QED) is 0.780. The molecule has 0 spiro atoms. The van der Waals surface area contributed by atoms with Gasteiger partial charge in [0.15, 0.2) is 0 Å². The van der Waals surface area contributed by atoms with Gasteiger partial charge in [-0.05, 0) is 6.42 Å². The van der Waals surface area contributed by atoms with Crippen LogP contribution in [0.5, 0.6) is 0 Å². The lowest BCUT2D eigenvalue weighted by molar-refractivity contribution is 0.0743. The lowest BCUT2D eigenvalue weighted by Gasteiger charge is -2.44. The molecule has 0 aliphatic carbocycles. The third kappa shape index (κ3) is 2.85. The fourth-order valence-electron chi connectivity index (χ4n) is 2.94. The molecule has 2 fully saturated rings. The molecule has 0 saturated carbocycles. The first kappa shape index (κ1) is 14.6. The van der Waals surface area contributed by atoms with Gasteiger partial charge in [-0.3, -0.25) is 4.90 Å². The first-order valence-corrected chi connectivity index (χ1v) is 9.29. The van der Waals surface area contributed by atoms with Crippen LogP contribution in [0.25, 0.3) is 0 Å². The van der Waals surface area contributed by atoms with Crippen LogP contribution in [0.3, 0.4) is 0 Å². The first-order chi connectivity index (χ1) is 8.37. The van der Waals surface area contributed by atoms with Crippen molar-refractivity contribution in [3.05, 3.63) is 0 Å². The standard InChI is InChI=1S/C11H23N3O2S2/c1-10-7-11(8-12,9-17-10)13-3-5-14(6-4-13)18(2,15)16/h10H,3-9,12H2,1-2H3. The molecule has 106 valence electrons. The normalized spacial score (nSPS) is 36.1. The fourth-order valence-corrected chi connectivity index (χ4v) is 5.20. The maximum absolute atomic E-state index is 11.5. The van der Waals surface area contributed by atoms with Gasteiger partial charge in [0, 0.05) is 49.3 Å². The van der Waals surface area contributed by atoms with E-state index < -0.39 is 10.0 Å². The van der Waals surface area contributed by atoms with Crippen LogP contribution in [0.15, 0.2) is 0 Å². The van der Waals surface area contributed by atoms with Crippen LogP contribution in [0.4, 0.5) is 0 Å². The number of hydrogen-bond donors (Lipinski definition) is 1. The monoisotopic (exact) mass is 293 g/mol. The Morgan fingerprint density at radius 2 is 1.94 bits per heavy atom. The summed E-state index contributed by atoms with van der Waals surface area (Å²) >= 11 is 1.98. The second-order valence-corrected chi connectivity index (χ2v) is 8.81. The van der Waals surface area contributed by atoms with Gasteiger partial charge in [0.25, 0.3) is 0 Å². The molecular formula is C11H23N3O2S2. The molecule has 2 rings (SSSR count). The Kier molecular flexibility index (Phi) is 4.28. The Morgan fingerprint density at radius 1 is 1.33 bits per heavy atom. The van der Waals surface area contributed by atoms with Gasteiger partial charge in [-0.2, -0.15) is 16.1 Å². The van der Waals surface area contributed by atoms with Crippen LogP contribution < -0.4 is 5.73 Å². The maximum Gasteiger partial charge on any atom is 0.211 e. The zero-order chi connectivity index (χ0) is 13.4. The summed E-state index contributed by atoms with van der Waals surface area (Å²) in [6.45, 7) is 5.71. The number of nitrogens with two attached hydrogens (primary N) is 1. The summed E-state index contributed by atoms with van der Waals surface area (Å²) in [7, 11) is -3.04. The number of rotatable bonds is 3. The largest absolute Gasteiger partial charge is 0.329 e. The van der Waals surface area contributed by atoms with Crippen LogP contribution in [0, 0.1) is 0 Å². The lowest BCUT2D eigenvalue weighted by Crippen LogP contribution is -2.61. The van der Waals surface area contributed by atoms with Gasteiger partial charge in [-0.25, -0.2) is 8.42 Å². The van der Waals surface area contributed by atoms with E-state index in [2.05, 4.69) is 11.8 Å². The molecule has 0 aromatic carbocycles. The van der Waals surface area contributed by atoms with Crippen molar-refractivity contribution in [2.75, 3.05) is 44.7 Å². The van der Waals surface area contributed by atoms with Gasteiger partial charge in [0.05, 0.1) is 6.26 Å². The summed E-state index contributed by atoms with van der Waals surface area (Å²) in [6.07, 6.45) is 2.40. The van der Waals surface area contributed by atoms with E-state index in [1.165, 1.54) is 6.26 Å². The highest BCUT2D eigenvalue weighted by Crippen LogP contribution is 2.38. The van der Waals surface area contributed by atoms with Gasteiger partial charge in [-0.1, -0.05) is 6.92 Å². The number of hydrogen-bond acceptors (Lipinski definition) is 5. The molecule has 2 aliphatic heterocycles. The molecule has 2 aliphatic rings. The van der Waals surface area contributed by atoms with E-state index in [0.29, 0.717) is 24.9 Å². The minimum Gasteiger partial charge on any atom is -0.329 e. The van der Waals surface area contributed by atoms with Crippen molar-refractivity contribution in [1.29, 1.82) is 0 Å². The third-order valence-corrected chi connectivity index (χ3v) is 6.81.